The molecule has 6 heterocycles. The summed E-state index contributed by atoms with van der Waals surface area (Å²) >= 11 is 1.08. The van der Waals surface area contributed by atoms with Gasteiger partial charge in [0.2, 0.25) is 5.88 Å². The van der Waals surface area contributed by atoms with E-state index in [0.29, 0.717) is 46.3 Å². The number of anilines is 2. The van der Waals surface area contributed by atoms with Crippen molar-refractivity contribution in [2.24, 2.45) is 7.05 Å². The quantitative estimate of drug-likeness (QED) is 0.235. The number of nitrogens with two attached hydrogens (primary N) is 1. The lowest BCUT2D eigenvalue weighted by Gasteiger charge is -2.40. The Labute approximate surface area is 254 Å². The van der Waals surface area contributed by atoms with E-state index < -0.39 is 5.82 Å². The maximum Gasteiger partial charge on any atom is 0.269 e. The summed E-state index contributed by atoms with van der Waals surface area (Å²) in [6.45, 7) is 0.352. The molecule has 0 spiro atoms. The van der Waals surface area contributed by atoms with E-state index in [-0.39, 0.29) is 40.6 Å². The number of carbonyl (C=O) groups excluding carboxylic acids is 1. The number of imidazole rings is 1. The van der Waals surface area contributed by atoms with Crippen molar-refractivity contribution in [3.8, 4) is 23.3 Å². The number of hydrogen-bond donors (Lipinski definition) is 3. The molecule has 5 aromatic rings. The smallest absolute Gasteiger partial charge is 0.269 e. The van der Waals surface area contributed by atoms with E-state index >= 15 is 0 Å². The van der Waals surface area contributed by atoms with Gasteiger partial charge in [0.25, 0.3) is 5.91 Å². The summed E-state index contributed by atoms with van der Waals surface area (Å²) in [5.41, 5.74) is 7.36. The fourth-order valence-electron chi connectivity index (χ4n) is 6.22. The van der Waals surface area contributed by atoms with Crippen molar-refractivity contribution in [1.29, 1.82) is 5.26 Å². The summed E-state index contributed by atoms with van der Waals surface area (Å²) < 4.78 is 23.1. The Morgan fingerprint density at radius 2 is 2.07 bits per heavy atom. The van der Waals surface area contributed by atoms with Gasteiger partial charge in [-0.1, -0.05) is 11.3 Å². The van der Waals surface area contributed by atoms with E-state index in [1.807, 2.05) is 29.9 Å². The first-order valence-corrected chi connectivity index (χ1v) is 15.1. The van der Waals surface area contributed by atoms with Crippen LogP contribution < -0.4 is 20.7 Å². The van der Waals surface area contributed by atoms with Gasteiger partial charge >= 0.3 is 0 Å². The van der Waals surface area contributed by atoms with Crippen molar-refractivity contribution in [2.75, 3.05) is 17.2 Å². The first kappa shape index (κ1) is 27.7. The Hall–Kier alpha value is -5.10. The zero-order valence-electron chi connectivity index (χ0n) is 23.7. The van der Waals surface area contributed by atoms with Crippen LogP contribution in [0.5, 0.6) is 5.88 Å². The fourth-order valence-corrected chi connectivity index (χ4v) is 6.99. The van der Waals surface area contributed by atoms with Gasteiger partial charge in [-0.2, -0.15) is 15.3 Å². The largest absolute Gasteiger partial charge is 0.477 e. The minimum atomic E-state index is -0.401. The van der Waals surface area contributed by atoms with Crippen LogP contribution in [-0.2, 0) is 13.5 Å². The second-order valence-electron chi connectivity index (χ2n) is 11.0. The number of benzene rings is 1. The van der Waals surface area contributed by atoms with Crippen molar-refractivity contribution in [3.63, 3.8) is 0 Å². The highest BCUT2D eigenvalue weighted by atomic mass is 32.1. The van der Waals surface area contributed by atoms with Crippen LogP contribution in [0.2, 0.25) is 0 Å². The Bertz CT molecular complexity index is 1900. The number of piperidine rings is 1. The van der Waals surface area contributed by atoms with Gasteiger partial charge in [-0.25, -0.2) is 19.3 Å². The molecule has 13 nitrogen and oxygen atoms in total. The van der Waals surface area contributed by atoms with Crippen LogP contribution in [0.15, 0.2) is 36.7 Å². The van der Waals surface area contributed by atoms with Crippen LogP contribution >= 0.6 is 11.3 Å². The summed E-state index contributed by atoms with van der Waals surface area (Å²) in [5.74, 6) is 1.66. The number of aromatic nitrogens is 7. The van der Waals surface area contributed by atoms with E-state index in [4.69, 9.17) is 25.7 Å². The number of nitrogens with one attached hydrogen (secondary N) is 2. The Morgan fingerprint density at radius 1 is 1.25 bits per heavy atom. The second kappa shape index (κ2) is 11.2. The third-order valence-corrected chi connectivity index (χ3v) is 9.10. The predicted octanol–water partition coefficient (Wildman–Crippen LogP) is 3.35. The molecular weight excluding hydrogens is 585 g/mol. The molecule has 0 radical (unpaired) electrons. The van der Waals surface area contributed by atoms with E-state index in [0.717, 1.165) is 42.8 Å². The lowest BCUT2D eigenvalue weighted by atomic mass is 9.97. The number of nitriles is 1. The number of halogens is 1. The number of H-pyrrole nitrogens is 1. The number of rotatable bonds is 8. The molecule has 224 valence electrons. The summed E-state index contributed by atoms with van der Waals surface area (Å²) in [4.78, 5) is 33.6. The molecule has 2 aliphatic rings. The molecule has 1 aromatic carbocycles. The van der Waals surface area contributed by atoms with Gasteiger partial charge in [0.15, 0.2) is 16.6 Å². The van der Waals surface area contributed by atoms with Crippen molar-refractivity contribution in [1.82, 2.24) is 40.0 Å². The van der Waals surface area contributed by atoms with Crippen LogP contribution in [0.3, 0.4) is 0 Å². The van der Waals surface area contributed by atoms with Crippen molar-refractivity contribution < 1.29 is 13.9 Å². The average Bonchev–Trinajstić information content (AvgIpc) is 3.80. The molecule has 4 aromatic heterocycles. The Morgan fingerprint density at radius 3 is 2.80 bits per heavy atom. The van der Waals surface area contributed by atoms with E-state index in [1.54, 1.807) is 12.3 Å². The van der Waals surface area contributed by atoms with Gasteiger partial charge in [0.05, 0.1) is 16.8 Å². The third kappa shape index (κ3) is 5.17. The van der Waals surface area contributed by atoms with Gasteiger partial charge in [-0.3, -0.25) is 9.89 Å². The summed E-state index contributed by atoms with van der Waals surface area (Å²) in [6.07, 6.45) is 7.55. The summed E-state index contributed by atoms with van der Waals surface area (Å²) in [7, 11) is 1.93. The average molecular weight is 614 g/mol. The number of hydrogen-bond acceptors (Lipinski definition) is 11. The van der Waals surface area contributed by atoms with Crippen molar-refractivity contribution in [2.45, 2.75) is 50.2 Å². The van der Waals surface area contributed by atoms with Crippen LogP contribution in [-0.4, -0.2) is 65.3 Å². The molecule has 15 heteroatoms. The lowest BCUT2D eigenvalue weighted by Crippen LogP contribution is -2.51. The molecule has 2 aliphatic heterocycles. The van der Waals surface area contributed by atoms with Crippen molar-refractivity contribution >= 4 is 38.4 Å². The number of fused-ring (bicyclic) bond motifs is 3. The van der Waals surface area contributed by atoms with Crippen molar-refractivity contribution in [3.05, 3.63) is 59.7 Å². The van der Waals surface area contributed by atoms with Gasteiger partial charge in [0, 0.05) is 61.7 Å². The maximum absolute atomic E-state index is 14.6. The first-order valence-electron chi connectivity index (χ1n) is 14.2. The lowest BCUT2D eigenvalue weighted by molar-refractivity contribution is 0.0922. The number of nitrogens with zero attached hydrogens (tertiary/aromatic N) is 8. The number of amides is 1. The molecule has 2 bridgehead atoms. The monoisotopic (exact) mass is 613 g/mol. The predicted molar refractivity (Wildman–Crippen MR) is 161 cm³/mol. The molecule has 7 rings (SSSR count). The number of nitrogen functional groups attached to an aromatic ring is 1. The number of aromatic amines is 1. The highest BCUT2D eigenvalue weighted by molar-refractivity contribution is 7.22. The zero-order valence-corrected chi connectivity index (χ0v) is 24.5. The van der Waals surface area contributed by atoms with Gasteiger partial charge < -0.3 is 25.3 Å². The van der Waals surface area contributed by atoms with Crippen LogP contribution in [0.1, 0.15) is 47.7 Å². The number of aryl methyl sites for hydroxylation is 1. The molecule has 2 fully saturated rings. The second-order valence-corrected chi connectivity index (χ2v) is 12.0. The van der Waals surface area contributed by atoms with Gasteiger partial charge in [-0.05, 0) is 37.8 Å². The fraction of sp³-hybridized carbons (Fsp3) is 0.345. The Kier molecular flexibility index (Phi) is 7.05. The molecule has 2 unspecified atom stereocenters. The zero-order chi connectivity index (χ0) is 30.4. The highest BCUT2D eigenvalue weighted by Crippen LogP contribution is 2.41. The standard InChI is InChI=1S/C29H28FN11O2S/c1-40-8-7-33-22(40)6-9-43-24-13-23(35-27(36-24)19-4-5-20(30)26-25(19)37-29(32)44-26)41-17-2-3-18(41)11-15(10-17)34-28(42)21-12-16(14-31)38-39-21/h4-5,7-8,12-13,15,17-18H,2-3,6,9-11H2,1H3,(H2,32,37)(H,34,42)(H,38,39). The van der Waals surface area contributed by atoms with Gasteiger partial charge in [-0.15, -0.1) is 0 Å². The summed E-state index contributed by atoms with van der Waals surface area (Å²) in [5, 5.41) is 18.8. The molecule has 0 saturated carbocycles. The number of ether oxygens (including phenoxy) is 1. The molecule has 44 heavy (non-hydrogen) atoms. The van der Waals surface area contributed by atoms with Crippen LogP contribution in [0, 0.1) is 17.1 Å². The highest BCUT2D eigenvalue weighted by Gasteiger charge is 2.42. The first-order chi connectivity index (χ1) is 21.4. The van der Waals surface area contributed by atoms with Gasteiger partial charge in [0.1, 0.15) is 29.2 Å². The molecule has 0 aliphatic carbocycles. The normalized spacial score (nSPS) is 19.3. The summed E-state index contributed by atoms with van der Waals surface area (Å²) in [6, 6.07) is 8.42. The molecule has 2 atom stereocenters. The van der Waals surface area contributed by atoms with E-state index in [1.165, 1.54) is 12.1 Å². The van der Waals surface area contributed by atoms with Crippen LogP contribution in [0.25, 0.3) is 21.6 Å². The topological polar surface area (TPSA) is 177 Å². The molecule has 2 saturated heterocycles. The molecule has 1 amide bonds. The molecule has 4 N–H and O–H groups in total. The SMILES string of the molecule is Cn1ccnc1CCOc1cc(N2C3CCC2CC(NC(=O)c2cc(C#N)n[nH]2)C3)nc(-c2ccc(F)c3sc(N)nc23)n1. The third-order valence-electron chi connectivity index (χ3n) is 8.21. The minimum Gasteiger partial charge on any atom is -0.477 e. The van der Waals surface area contributed by atoms with E-state index in [9.17, 15) is 9.18 Å². The number of thiazole rings is 1. The maximum atomic E-state index is 14.6. The van der Waals surface area contributed by atoms with E-state index in [2.05, 4.69) is 30.4 Å². The number of carbonyl (C=O) groups is 1. The van der Waals surface area contributed by atoms with Crippen LogP contribution in [0.4, 0.5) is 15.3 Å². The molecular formula is C29H28FN11O2S. The Balaban J connectivity index is 1.17. The minimum absolute atomic E-state index is 0.0467.